The lowest BCUT2D eigenvalue weighted by molar-refractivity contribution is -0.128. The van der Waals surface area contributed by atoms with Crippen molar-refractivity contribution in [1.29, 1.82) is 0 Å². The van der Waals surface area contributed by atoms with E-state index in [1.807, 2.05) is 48.5 Å². The average molecular weight is 378 g/mol. The van der Waals surface area contributed by atoms with Gasteiger partial charge in [0.2, 0.25) is 11.8 Å². The van der Waals surface area contributed by atoms with Gasteiger partial charge in [-0.05, 0) is 48.2 Å². The summed E-state index contributed by atoms with van der Waals surface area (Å²) in [5, 5.41) is 5.70. The van der Waals surface area contributed by atoms with Crippen LogP contribution in [0.3, 0.4) is 0 Å². The average Bonchev–Trinajstić information content (AvgIpc) is 3.11. The summed E-state index contributed by atoms with van der Waals surface area (Å²) in [7, 11) is 0. The normalized spacial score (nSPS) is 18.7. The summed E-state index contributed by atoms with van der Waals surface area (Å²) in [6.45, 7) is 4.13. The monoisotopic (exact) mass is 378 g/mol. The van der Waals surface area contributed by atoms with Gasteiger partial charge in [0, 0.05) is 24.2 Å². The largest absolute Gasteiger partial charge is 0.326 e. The topological polar surface area (TPSA) is 75.3 Å². The first-order chi connectivity index (χ1) is 13.5. The molecule has 0 saturated heterocycles. The van der Waals surface area contributed by atoms with Crippen molar-refractivity contribution in [3.05, 3.63) is 59.7 Å². The minimum Gasteiger partial charge on any atom is -0.326 e. The number of aryl methyl sites for hydroxylation is 2. The van der Waals surface area contributed by atoms with Crippen molar-refractivity contribution in [2.75, 3.05) is 10.6 Å². The van der Waals surface area contributed by atoms with E-state index in [2.05, 4.69) is 24.5 Å². The highest BCUT2D eigenvalue weighted by Crippen LogP contribution is 2.31. The molecule has 1 aliphatic rings. The lowest BCUT2D eigenvalue weighted by Gasteiger charge is -2.18. The van der Waals surface area contributed by atoms with Gasteiger partial charge in [0.1, 0.15) is 5.78 Å². The van der Waals surface area contributed by atoms with Crippen LogP contribution in [0.1, 0.15) is 37.8 Å². The first kappa shape index (κ1) is 19.8. The molecular weight excluding hydrogens is 352 g/mol. The molecule has 0 unspecified atom stereocenters. The highest BCUT2D eigenvalue weighted by atomic mass is 16.2. The minimum absolute atomic E-state index is 0.0528. The van der Waals surface area contributed by atoms with Crippen LogP contribution in [-0.4, -0.2) is 17.6 Å². The number of Topliss-reactive ketones (excluding diaryl/α,β-unsaturated/α-hetero) is 1. The molecule has 5 nitrogen and oxygen atoms in total. The SMILES string of the molecule is CCc1ccc(NC(=O)[C@@H]2CC(=O)C[C@H]2C(=O)Nc2ccc(CC)cc2)cc1. The van der Waals surface area contributed by atoms with Crippen LogP contribution in [-0.2, 0) is 27.2 Å². The number of hydrogen-bond donors (Lipinski definition) is 2. The van der Waals surface area contributed by atoms with Crippen LogP contribution in [0, 0.1) is 11.8 Å². The van der Waals surface area contributed by atoms with Gasteiger partial charge >= 0.3 is 0 Å². The van der Waals surface area contributed by atoms with Gasteiger partial charge in [0.25, 0.3) is 0 Å². The Kier molecular flexibility index (Phi) is 6.24. The quantitative estimate of drug-likeness (QED) is 0.798. The fraction of sp³-hybridized carbons (Fsp3) is 0.348. The second kappa shape index (κ2) is 8.83. The highest BCUT2D eigenvalue weighted by molar-refractivity contribution is 6.05. The molecule has 1 aliphatic carbocycles. The predicted molar refractivity (Wildman–Crippen MR) is 110 cm³/mol. The van der Waals surface area contributed by atoms with E-state index in [1.54, 1.807) is 0 Å². The molecule has 0 bridgehead atoms. The van der Waals surface area contributed by atoms with Gasteiger partial charge in [-0.1, -0.05) is 38.1 Å². The summed E-state index contributed by atoms with van der Waals surface area (Å²) in [6, 6.07) is 15.2. The molecule has 28 heavy (non-hydrogen) atoms. The third kappa shape index (κ3) is 4.66. The van der Waals surface area contributed by atoms with Crippen LogP contribution in [0.25, 0.3) is 0 Å². The Balaban J connectivity index is 1.67. The first-order valence-corrected chi connectivity index (χ1v) is 9.81. The Morgan fingerprint density at radius 1 is 0.750 bits per heavy atom. The molecule has 1 fully saturated rings. The van der Waals surface area contributed by atoms with Gasteiger partial charge < -0.3 is 10.6 Å². The Hall–Kier alpha value is -2.95. The number of carbonyl (C=O) groups is 3. The fourth-order valence-corrected chi connectivity index (χ4v) is 3.53. The summed E-state index contributed by atoms with van der Waals surface area (Å²) in [5.74, 6) is -1.90. The molecule has 3 rings (SSSR count). The lowest BCUT2D eigenvalue weighted by atomic mass is 9.94. The third-order valence-electron chi connectivity index (χ3n) is 5.31. The molecular formula is C23H26N2O3. The smallest absolute Gasteiger partial charge is 0.228 e. The molecule has 2 N–H and O–H groups in total. The zero-order valence-electron chi connectivity index (χ0n) is 16.3. The Labute approximate surface area is 165 Å². The number of amides is 2. The molecule has 1 saturated carbocycles. The summed E-state index contributed by atoms with van der Waals surface area (Å²) < 4.78 is 0. The maximum absolute atomic E-state index is 12.7. The van der Waals surface area contributed by atoms with Crippen LogP contribution >= 0.6 is 0 Å². The molecule has 146 valence electrons. The molecule has 0 radical (unpaired) electrons. The van der Waals surface area contributed by atoms with Gasteiger partial charge in [-0.15, -0.1) is 0 Å². The zero-order valence-corrected chi connectivity index (χ0v) is 16.3. The van der Waals surface area contributed by atoms with Crippen molar-refractivity contribution in [2.24, 2.45) is 11.8 Å². The van der Waals surface area contributed by atoms with Gasteiger partial charge in [-0.25, -0.2) is 0 Å². The number of hydrogen-bond acceptors (Lipinski definition) is 3. The van der Waals surface area contributed by atoms with Gasteiger partial charge in [-0.3, -0.25) is 14.4 Å². The van der Waals surface area contributed by atoms with E-state index in [-0.39, 0.29) is 30.4 Å². The van der Waals surface area contributed by atoms with Gasteiger partial charge in [-0.2, -0.15) is 0 Å². The van der Waals surface area contributed by atoms with Crippen molar-refractivity contribution < 1.29 is 14.4 Å². The molecule has 2 aromatic rings. The van der Waals surface area contributed by atoms with Crippen LogP contribution in [0.4, 0.5) is 11.4 Å². The third-order valence-corrected chi connectivity index (χ3v) is 5.31. The van der Waals surface area contributed by atoms with E-state index >= 15 is 0 Å². The second-order valence-corrected chi connectivity index (χ2v) is 7.24. The summed E-state index contributed by atoms with van der Waals surface area (Å²) in [4.78, 5) is 37.4. The standard InChI is InChI=1S/C23H26N2O3/c1-3-15-5-9-17(10-6-15)24-22(27)20-13-19(26)14-21(20)23(28)25-18-11-7-16(4-2)8-12-18/h5-12,20-21H,3-4,13-14H2,1-2H3,(H,24,27)(H,25,28)/t20-,21-/m1/s1. The summed E-state index contributed by atoms with van der Waals surface area (Å²) >= 11 is 0. The fourth-order valence-electron chi connectivity index (χ4n) is 3.53. The van der Waals surface area contributed by atoms with Gasteiger partial charge in [0.15, 0.2) is 0 Å². The van der Waals surface area contributed by atoms with Crippen LogP contribution in [0.5, 0.6) is 0 Å². The number of nitrogens with one attached hydrogen (secondary N) is 2. The van der Waals surface area contributed by atoms with Crippen molar-refractivity contribution in [3.8, 4) is 0 Å². The number of rotatable bonds is 6. The van der Waals surface area contributed by atoms with E-state index in [4.69, 9.17) is 0 Å². The maximum atomic E-state index is 12.7. The van der Waals surface area contributed by atoms with E-state index in [1.165, 1.54) is 11.1 Å². The van der Waals surface area contributed by atoms with Crippen molar-refractivity contribution in [2.45, 2.75) is 39.5 Å². The van der Waals surface area contributed by atoms with Crippen molar-refractivity contribution >= 4 is 29.0 Å². The predicted octanol–water partition coefficient (Wildman–Crippen LogP) is 3.98. The molecule has 5 heteroatoms. The molecule has 2 atom stereocenters. The van der Waals surface area contributed by atoms with E-state index < -0.39 is 11.8 Å². The molecule has 0 aliphatic heterocycles. The molecule has 0 heterocycles. The Morgan fingerprint density at radius 2 is 1.11 bits per heavy atom. The minimum atomic E-state index is -0.645. The second-order valence-electron chi connectivity index (χ2n) is 7.24. The number of ketones is 1. The highest BCUT2D eigenvalue weighted by Gasteiger charge is 2.42. The van der Waals surface area contributed by atoms with Gasteiger partial charge in [0.05, 0.1) is 11.8 Å². The molecule has 2 aromatic carbocycles. The molecule has 2 amide bonds. The van der Waals surface area contributed by atoms with E-state index in [0.717, 1.165) is 12.8 Å². The molecule has 0 aromatic heterocycles. The lowest BCUT2D eigenvalue weighted by Crippen LogP contribution is -2.33. The van der Waals surface area contributed by atoms with Crippen LogP contribution in [0.2, 0.25) is 0 Å². The summed E-state index contributed by atoms with van der Waals surface area (Å²) in [6.07, 6.45) is 2.05. The Bertz CT molecular complexity index is 785. The number of benzene rings is 2. The number of anilines is 2. The van der Waals surface area contributed by atoms with Crippen LogP contribution < -0.4 is 10.6 Å². The molecule has 0 spiro atoms. The zero-order chi connectivity index (χ0) is 20.1. The maximum Gasteiger partial charge on any atom is 0.228 e. The Morgan fingerprint density at radius 3 is 1.43 bits per heavy atom. The van der Waals surface area contributed by atoms with E-state index in [0.29, 0.717) is 11.4 Å². The first-order valence-electron chi connectivity index (χ1n) is 9.81. The van der Waals surface area contributed by atoms with Crippen LogP contribution in [0.15, 0.2) is 48.5 Å². The van der Waals surface area contributed by atoms with E-state index in [9.17, 15) is 14.4 Å². The van der Waals surface area contributed by atoms with Crippen molar-refractivity contribution in [1.82, 2.24) is 0 Å². The van der Waals surface area contributed by atoms with Crippen molar-refractivity contribution in [3.63, 3.8) is 0 Å². The number of carbonyl (C=O) groups excluding carboxylic acids is 3. The summed E-state index contributed by atoms with van der Waals surface area (Å²) in [5.41, 5.74) is 3.72.